The summed E-state index contributed by atoms with van der Waals surface area (Å²) in [5.74, 6) is 0.454. The van der Waals surface area contributed by atoms with Crippen molar-refractivity contribution in [2.24, 2.45) is 0 Å². The fourth-order valence-electron chi connectivity index (χ4n) is 3.73. The van der Waals surface area contributed by atoms with Crippen molar-refractivity contribution >= 4 is 26.5 Å². The maximum absolute atomic E-state index is 5.03. The number of fused-ring (bicyclic) bond motifs is 5. The standard InChI is InChI=1S/C19H16N2S/c1-2-7-13(8-3-1)14-9-6-11-16-18(14)20-19-21(16)15-10-4-5-12-17(15)22-19/h1-5,7-8,10,12,14H,6,9,11H2. The summed E-state index contributed by atoms with van der Waals surface area (Å²) in [5, 5.41) is 0. The van der Waals surface area contributed by atoms with E-state index in [1.807, 2.05) is 0 Å². The fraction of sp³-hybridized carbons (Fsp3) is 0.211. The number of aromatic nitrogens is 2. The maximum Gasteiger partial charge on any atom is 0.195 e. The molecule has 0 N–H and O–H groups in total. The fourth-order valence-corrected chi connectivity index (χ4v) is 4.78. The molecule has 2 aromatic carbocycles. The largest absolute Gasteiger partial charge is 0.287 e. The summed E-state index contributed by atoms with van der Waals surface area (Å²) in [6.07, 6.45) is 3.59. The summed E-state index contributed by atoms with van der Waals surface area (Å²) in [6.45, 7) is 0. The van der Waals surface area contributed by atoms with E-state index >= 15 is 0 Å². The molecule has 0 amide bonds. The number of benzene rings is 2. The highest BCUT2D eigenvalue weighted by molar-refractivity contribution is 7.23. The molecule has 2 aromatic heterocycles. The van der Waals surface area contributed by atoms with Crippen LogP contribution in [0.4, 0.5) is 0 Å². The van der Waals surface area contributed by atoms with Crippen molar-refractivity contribution in [3.63, 3.8) is 0 Å². The topological polar surface area (TPSA) is 17.3 Å². The van der Waals surface area contributed by atoms with Gasteiger partial charge >= 0.3 is 0 Å². The molecule has 0 bridgehead atoms. The maximum atomic E-state index is 5.03. The first-order valence-corrected chi connectivity index (χ1v) is 8.67. The Morgan fingerprint density at radius 1 is 1.00 bits per heavy atom. The first kappa shape index (κ1) is 12.4. The Kier molecular flexibility index (Phi) is 2.64. The highest BCUT2D eigenvalue weighted by atomic mass is 32.1. The molecule has 0 aliphatic heterocycles. The Morgan fingerprint density at radius 3 is 2.73 bits per heavy atom. The van der Waals surface area contributed by atoms with Gasteiger partial charge < -0.3 is 0 Å². The first-order valence-electron chi connectivity index (χ1n) is 7.85. The second-order valence-corrected chi connectivity index (χ2v) is 7.00. The van der Waals surface area contributed by atoms with Crippen molar-refractivity contribution in [1.82, 2.24) is 9.38 Å². The van der Waals surface area contributed by atoms with Gasteiger partial charge in [-0.1, -0.05) is 53.8 Å². The van der Waals surface area contributed by atoms with Gasteiger partial charge in [-0.2, -0.15) is 0 Å². The molecule has 108 valence electrons. The number of aryl methyl sites for hydroxylation is 1. The van der Waals surface area contributed by atoms with Crippen molar-refractivity contribution in [3.05, 3.63) is 71.5 Å². The van der Waals surface area contributed by atoms with Gasteiger partial charge in [0.2, 0.25) is 0 Å². The van der Waals surface area contributed by atoms with Crippen LogP contribution in [0, 0.1) is 0 Å². The van der Waals surface area contributed by atoms with Crippen LogP contribution in [-0.2, 0) is 6.42 Å². The second kappa shape index (κ2) is 4.68. The van der Waals surface area contributed by atoms with E-state index < -0.39 is 0 Å². The summed E-state index contributed by atoms with van der Waals surface area (Å²) in [5.41, 5.74) is 5.44. The van der Waals surface area contributed by atoms with Crippen LogP contribution in [0.3, 0.4) is 0 Å². The van der Waals surface area contributed by atoms with E-state index in [4.69, 9.17) is 4.98 Å². The number of imidazole rings is 1. The van der Waals surface area contributed by atoms with Crippen LogP contribution in [0.1, 0.15) is 35.7 Å². The first-order chi connectivity index (χ1) is 10.9. The summed E-state index contributed by atoms with van der Waals surface area (Å²) < 4.78 is 3.72. The molecule has 0 saturated carbocycles. The van der Waals surface area contributed by atoms with E-state index in [2.05, 4.69) is 59.0 Å². The Balaban J connectivity index is 1.77. The molecule has 1 aliphatic carbocycles. The summed E-state index contributed by atoms with van der Waals surface area (Å²) in [7, 11) is 0. The minimum Gasteiger partial charge on any atom is -0.287 e. The number of thiazole rings is 1. The van der Waals surface area contributed by atoms with Gasteiger partial charge in [0.15, 0.2) is 4.96 Å². The molecule has 0 saturated heterocycles. The van der Waals surface area contributed by atoms with Gasteiger partial charge in [-0.05, 0) is 37.0 Å². The third kappa shape index (κ3) is 1.69. The molecule has 4 aromatic rings. The van der Waals surface area contributed by atoms with E-state index in [0.717, 1.165) is 11.4 Å². The van der Waals surface area contributed by atoms with Crippen molar-refractivity contribution in [1.29, 1.82) is 0 Å². The van der Waals surface area contributed by atoms with Crippen LogP contribution in [-0.4, -0.2) is 9.38 Å². The lowest BCUT2D eigenvalue weighted by Gasteiger charge is -2.22. The quantitative estimate of drug-likeness (QED) is 0.483. The van der Waals surface area contributed by atoms with Gasteiger partial charge in [0.05, 0.1) is 15.9 Å². The molecule has 0 radical (unpaired) electrons. The van der Waals surface area contributed by atoms with Gasteiger partial charge in [-0.3, -0.25) is 4.40 Å². The van der Waals surface area contributed by atoms with E-state index in [9.17, 15) is 0 Å². The smallest absolute Gasteiger partial charge is 0.195 e. The average molecular weight is 304 g/mol. The SMILES string of the molecule is c1ccc(C2CCCc3c2nc2sc4ccccc4n32)cc1. The second-order valence-electron chi connectivity index (χ2n) is 5.99. The number of rotatable bonds is 1. The molecule has 1 atom stereocenters. The van der Waals surface area contributed by atoms with Gasteiger partial charge in [0.25, 0.3) is 0 Å². The van der Waals surface area contributed by atoms with Crippen molar-refractivity contribution in [2.45, 2.75) is 25.2 Å². The van der Waals surface area contributed by atoms with E-state index in [-0.39, 0.29) is 0 Å². The Morgan fingerprint density at radius 2 is 1.82 bits per heavy atom. The molecule has 3 heteroatoms. The van der Waals surface area contributed by atoms with Crippen LogP contribution in [0.2, 0.25) is 0 Å². The van der Waals surface area contributed by atoms with Crippen molar-refractivity contribution in [3.8, 4) is 0 Å². The molecular weight excluding hydrogens is 288 g/mol. The Bertz CT molecular complexity index is 965. The number of para-hydroxylation sites is 1. The molecule has 0 fully saturated rings. The van der Waals surface area contributed by atoms with Crippen LogP contribution in [0.25, 0.3) is 15.2 Å². The van der Waals surface area contributed by atoms with Gasteiger partial charge in [-0.15, -0.1) is 0 Å². The van der Waals surface area contributed by atoms with E-state index in [1.165, 1.54) is 40.0 Å². The highest BCUT2D eigenvalue weighted by Gasteiger charge is 2.27. The molecule has 22 heavy (non-hydrogen) atoms. The summed E-state index contributed by atoms with van der Waals surface area (Å²) in [6, 6.07) is 19.5. The lowest BCUT2D eigenvalue weighted by Crippen LogP contribution is -2.11. The predicted octanol–water partition coefficient (Wildman–Crippen LogP) is 5.02. The van der Waals surface area contributed by atoms with E-state index in [1.54, 1.807) is 11.3 Å². The van der Waals surface area contributed by atoms with Gasteiger partial charge in [0, 0.05) is 11.6 Å². The van der Waals surface area contributed by atoms with E-state index in [0.29, 0.717) is 5.92 Å². The van der Waals surface area contributed by atoms with Crippen molar-refractivity contribution < 1.29 is 0 Å². The van der Waals surface area contributed by atoms with Gasteiger partial charge in [0.1, 0.15) is 0 Å². The summed E-state index contributed by atoms with van der Waals surface area (Å²) in [4.78, 5) is 6.18. The van der Waals surface area contributed by atoms with Gasteiger partial charge in [-0.25, -0.2) is 4.98 Å². The molecule has 1 aliphatic rings. The van der Waals surface area contributed by atoms with Crippen LogP contribution in [0.15, 0.2) is 54.6 Å². The van der Waals surface area contributed by atoms with Crippen LogP contribution < -0.4 is 0 Å². The zero-order chi connectivity index (χ0) is 14.5. The molecule has 1 unspecified atom stereocenters. The normalized spacial score (nSPS) is 17.9. The van der Waals surface area contributed by atoms with Crippen LogP contribution >= 0.6 is 11.3 Å². The zero-order valence-corrected chi connectivity index (χ0v) is 13.0. The minimum atomic E-state index is 0.454. The Hall–Kier alpha value is -2.13. The average Bonchev–Trinajstić information content (AvgIpc) is 3.11. The molecule has 2 heterocycles. The highest BCUT2D eigenvalue weighted by Crippen LogP contribution is 2.39. The monoisotopic (exact) mass is 304 g/mol. The Labute approximate surface area is 133 Å². The van der Waals surface area contributed by atoms with Crippen molar-refractivity contribution in [2.75, 3.05) is 0 Å². The zero-order valence-electron chi connectivity index (χ0n) is 12.2. The predicted molar refractivity (Wildman–Crippen MR) is 91.8 cm³/mol. The number of nitrogens with zero attached hydrogens (tertiary/aromatic N) is 2. The lowest BCUT2D eigenvalue weighted by atomic mass is 9.84. The molecular formula is C19H16N2S. The number of hydrogen-bond donors (Lipinski definition) is 0. The summed E-state index contributed by atoms with van der Waals surface area (Å²) >= 11 is 1.80. The number of hydrogen-bond acceptors (Lipinski definition) is 2. The molecule has 5 rings (SSSR count). The third-order valence-corrected chi connectivity index (χ3v) is 5.74. The van der Waals surface area contributed by atoms with Crippen LogP contribution in [0.5, 0.6) is 0 Å². The molecule has 2 nitrogen and oxygen atoms in total. The minimum absolute atomic E-state index is 0.454. The lowest BCUT2D eigenvalue weighted by molar-refractivity contribution is 0.596. The molecule has 0 spiro atoms. The third-order valence-electron chi connectivity index (χ3n) is 4.72.